The predicted molar refractivity (Wildman–Crippen MR) is 255 cm³/mol. The van der Waals surface area contributed by atoms with Crippen molar-refractivity contribution in [1.29, 1.82) is 0 Å². The van der Waals surface area contributed by atoms with Gasteiger partial charge in [0.15, 0.2) is 0 Å². The second-order valence-electron chi connectivity index (χ2n) is 15.8. The Bertz CT molecular complexity index is 3450. The zero-order chi connectivity index (χ0) is 39.7. The quantitative estimate of drug-likeness (QED) is 0.164. The van der Waals surface area contributed by atoms with Gasteiger partial charge < -0.3 is 4.57 Å². The number of rotatable bonds is 5. The van der Waals surface area contributed by atoms with Crippen LogP contribution in [0.25, 0.3) is 116 Å². The Hall–Kier alpha value is -7.45. The molecule has 1 aromatic heterocycles. The van der Waals surface area contributed by atoms with Crippen LogP contribution in [0.3, 0.4) is 0 Å². The summed E-state index contributed by atoms with van der Waals surface area (Å²) in [6.45, 7) is 0. The lowest BCUT2D eigenvalue weighted by atomic mass is 9.80. The van der Waals surface area contributed by atoms with Gasteiger partial charge in [0, 0.05) is 38.0 Å². The number of para-hydroxylation sites is 2. The third kappa shape index (κ3) is 5.48. The number of aromatic nitrogens is 1. The Balaban J connectivity index is 1.22. The fraction of sp³-hybridized carbons (Fsp3) is 0. The maximum absolute atomic E-state index is 6.61. The smallest absolute Gasteiger partial charge is 0.0626 e. The highest BCUT2D eigenvalue weighted by molar-refractivity contribution is 6.31. The van der Waals surface area contributed by atoms with Crippen LogP contribution >= 0.6 is 11.6 Å². The first kappa shape index (κ1) is 34.6. The molecule has 2 heteroatoms. The molecular weight excluding hydrogens is 746 g/mol. The molecule has 0 aliphatic carbocycles. The number of halogens is 1. The minimum Gasteiger partial charge on any atom is -0.308 e. The van der Waals surface area contributed by atoms with Gasteiger partial charge in [-0.2, -0.15) is 0 Å². The van der Waals surface area contributed by atoms with Gasteiger partial charge in [-0.25, -0.2) is 0 Å². The first-order valence-electron chi connectivity index (χ1n) is 20.5. The molecule has 1 nitrogen and oxygen atoms in total. The van der Waals surface area contributed by atoms with E-state index in [0.717, 1.165) is 21.4 Å². The highest BCUT2D eigenvalue weighted by Gasteiger charge is 2.31. The van der Waals surface area contributed by atoms with Gasteiger partial charge in [0.2, 0.25) is 0 Å². The Kier molecular flexibility index (Phi) is 7.98. The molecule has 0 atom stereocenters. The van der Waals surface area contributed by atoms with Crippen LogP contribution in [-0.2, 0) is 0 Å². The molecule has 10 aromatic carbocycles. The minimum atomic E-state index is 0.735. The molecule has 0 saturated carbocycles. The lowest BCUT2D eigenvalue weighted by Crippen LogP contribution is -1.96. The molecule has 0 bridgehead atoms. The van der Waals surface area contributed by atoms with E-state index in [-0.39, 0.29) is 0 Å². The van der Waals surface area contributed by atoms with Gasteiger partial charge in [0.25, 0.3) is 0 Å². The van der Waals surface area contributed by atoms with Crippen LogP contribution in [0.4, 0.5) is 0 Å². The summed E-state index contributed by atoms with van der Waals surface area (Å²) < 4.78 is 2.53. The third-order valence-electron chi connectivity index (χ3n) is 12.4. The standard InChI is InChI=1S/C58H36ClN/c59-46-30-29-41-23-28-44(35-45(41)36-46)49-32-31-47(42-24-19-39(20-25-42)37-11-3-1-4-12-37)56-55(49)52-16-8-10-18-54(52)60-53-17-9-7-15-50(53)51-34-33-48(57(56)58(51)60)43-26-21-40(22-27-43)38-13-5-2-6-14-38/h1-36H. The van der Waals surface area contributed by atoms with Crippen LogP contribution in [0, 0.1) is 0 Å². The van der Waals surface area contributed by atoms with Crippen LogP contribution in [-0.4, -0.2) is 4.57 Å². The van der Waals surface area contributed by atoms with Crippen molar-refractivity contribution in [1.82, 2.24) is 4.57 Å². The zero-order valence-corrected chi connectivity index (χ0v) is 33.4. The van der Waals surface area contributed by atoms with Crippen molar-refractivity contribution in [3.63, 3.8) is 0 Å². The predicted octanol–water partition coefficient (Wildman–Crippen LogP) is 16.6. The lowest BCUT2D eigenvalue weighted by molar-refractivity contribution is 1.19. The molecule has 0 amide bonds. The number of hydrogen-bond donors (Lipinski definition) is 0. The summed E-state index contributed by atoms with van der Waals surface area (Å²) in [7, 11) is 0. The lowest BCUT2D eigenvalue weighted by Gasteiger charge is -2.22. The van der Waals surface area contributed by atoms with Crippen molar-refractivity contribution in [2.75, 3.05) is 0 Å². The van der Waals surface area contributed by atoms with E-state index in [1.807, 2.05) is 6.07 Å². The highest BCUT2D eigenvalue weighted by Crippen LogP contribution is 2.55. The van der Waals surface area contributed by atoms with E-state index >= 15 is 0 Å². The first-order valence-corrected chi connectivity index (χ1v) is 20.9. The number of benzene rings is 10. The average Bonchev–Trinajstić information content (AvgIpc) is 3.58. The molecule has 0 N–H and O–H groups in total. The van der Waals surface area contributed by atoms with E-state index in [1.165, 1.54) is 99.8 Å². The van der Waals surface area contributed by atoms with Crippen LogP contribution in [0.5, 0.6) is 0 Å². The Morgan fingerprint density at radius 1 is 0.300 bits per heavy atom. The van der Waals surface area contributed by atoms with E-state index < -0.39 is 0 Å². The van der Waals surface area contributed by atoms with Gasteiger partial charge in [-0.3, -0.25) is 0 Å². The maximum atomic E-state index is 6.61. The molecular formula is C58H36ClN. The fourth-order valence-electron chi connectivity index (χ4n) is 9.64. The van der Waals surface area contributed by atoms with Gasteiger partial charge in [-0.05, 0) is 96.7 Å². The second kappa shape index (κ2) is 13.8. The molecule has 12 rings (SSSR count). The molecule has 0 radical (unpaired) electrons. The molecule has 280 valence electrons. The summed E-state index contributed by atoms with van der Waals surface area (Å²) in [5.74, 6) is 0. The van der Waals surface area contributed by atoms with Crippen molar-refractivity contribution in [2.45, 2.75) is 0 Å². The van der Waals surface area contributed by atoms with Crippen LogP contribution in [0.15, 0.2) is 218 Å². The molecule has 60 heavy (non-hydrogen) atoms. The van der Waals surface area contributed by atoms with Crippen LogP contribution < -0.4 is 0 Å². The van der Waals surface area contributed by atoms with Gasteiger partial charge in [0.1, 0.15) is 0 Å². The van der Waals surface area contributed by atoms with E-state index in [4.69, 9.17) is 11.6 Å². The molecule has 0 saturated heterocycles. The first-order chi connectivity index (χ1) is 29.7. The summed E-state index contributed by atoms with van der Waals surface area (Å²) >= 11 is 6.61. The zero-order valence-electron chi connectivity index (χ0n) is 32.6. The highest BCUT2D eigenvalue weighted by atomic mass is 35.5. The third-order valence-corrected chi connectivity index (χ3v) is 12.7. The Morgan fingerprint density at radius 3 is 1.52 bits per heavy atom. The minimum absolute atomic E-state index is 0.735. The summed E-state index contributed by atoms with van der Waals surface area (Å²) in [6.07, 6.45) is 0. The molecule has 0 unspecified atom stereocenters. The van der Waals surface area contributed by atoms with Gasteiger partial charge in [-0.15, -0.1) is 0 Å². The van der Waals surface area contributed by atoms with E-state index in [2.05, 4.69) is 217 Å². The normalized spacial score (nSPS) is 11.8. The van der Waals surface area contributed by atoms with Crippen molar-refractivity contribution >= 4 is 44.2 Å². The Morgan fingerprint density at radius 2 is 0.817 bits per heavy atom. The second-order valence-corrected chi connectivity index (χ2v) is 16.2. The van der Waals surface area contributed by atoms with Crippen LogP contribution in [0.1, 0.15) is 0 Å². The molecule has 1 aliphatic rings. The average molecular weight is 782 g/mol. The molecule has 2 heterocycles. The monoisotopic (exact) mass is 781 g/mol. The van der Waals surface area contributed by atoms with E-state index in [0.29, 0.717) is 0 Å². The van der Waals surface area contributed by atoms with Crippen molar-refractivity contribution in [2.24, 2.45) is 0 Å². The number of hydrogen-bond acceptors (Lipinski definition) is 0. The topological polar surface area (TPSA) is 4.93 Å². The SMILES string of the molecule is Clc1ccc2ccc(-c3ccc(-c4ccc(-c5ccccc5)cc4)c4c3-c3ccccc3-n3c5ccccc5c5ccc(-c6ccc(-c7ccccc7)cc6)c-4c53)cc2c1. The van der Waals surface area contributed by atoms with Gasteiger partial charge in [0.05, 0.1) is 16.7 Å². The number of nitrogens with zero attached hydrogens (tertiary/aromatic N) is 1. The maximum Gasteiger partial charge on any atom is 0.0626 e. The summed E-state index contributed by atoms with van der Waals surface area (Å²) in [4.78, 5) is 0. The van der Waals surface area contributed by atoms with E-state index in [9.17, 15) is 0 Å². The molecule has 1 aliphatic heterocycles. The molecule has 11 aromatic rings. The van der Waals surface area contributed by atoms with E-state index in [1.54, 1.807) is 0 Å². The van der Waals surface area contributed by atoms with Crippen molar-refractivity contribution in [3.05, 3.63) is 223 Å². The fourth-order valence-corrected chi connectivity index (χ4v) is 9.82. The summed E-state index contributed by atoms with van der Waals surface area (Å²) in [6, 6.07) is 79.8. The summed E-state index contributed by atoms with van der Waals surface area (Å²) in [5, 5.41) is 5.50. The largest absolute Gasteiger partial charge is 0.308 e. The van der Waals surface area contributed by atoms with Crippen LogP contribution in [0.2, 0.25) is 5.02 Å². The number of fused-ring (bicyclic) bond motifs is 9. The van der Waals surface area contributed by atoms with Gasteiger partial charge in [-0.1, -0.05) is 200 Å². The van der Waals surface area contributed by atoms with Gasteiger partial charge >= 0.3 is 0 Å². The molecule has 0 fully saturated rings. The van der Waals surface area contributed by atoms with Crippen molar-refractivity contribution in [3.8, 4) is 83.6 Å². The molecule has 0 spiro atoms. The summed E-state index contributed by atoms with van der Waals surface area (Å²) in [5.41, 5.74) is 20.4. The van der Waals surface area contributed by atoms with Crippen molar-refractivity contribution < 1.29 is 0 Å². The Labute approximate surface area is 354 Å².